The normalized spacial score (nSPS) is 9.75. The van der Waals surface area contributed by atoms with Gasteiger partial charge in [-0.1, -0.05) is 6.92 Å². The lowest BCUT2D eigenvalue weighted by molar-refractivity contribution is 0.903. The van der Waals surface area contributed by atoms with E-state index in [2.05, 4.69) is 6.92 Å². The molecule has 0 unspecified atom stereocenters. The number of thioether (sulfide) groups is 1. The van der Waals surface area contributed by atoms with E-state index in [1.807, 2.05) is 11.8 Å². The Kier molecular flexibility index (Phi) is 8.25. The number of rotatable bonds is 5. The highest BCUT2D eigenvalue weighted by Gasteiger charge is 1.84. The predicted molar refractivity (Wildman–Crippen MR) is 43.0 cm³/mol. The van der Waals surface area contributed by atoms with Gasteiger partial charge in [0.1, 0.15) is 0 Å². The molecule has 0 saturated heterocycles. The van der Waals surface area contributed by atoms with Crippen LogP contribution in [0.15, 0.2) is 0 Å². The van der Waals surface area contributed by atoms with E-state index in [-0.39, 0.29) is 0 Å². The second kappa shape index (κ2) is 7.64. The molecule has 0 bridgehead atoms. The molecule has 8 heavy (non-hydrogen) atoms. The van der Waals surface area contributed by atoms with Crippen molar-refractivity contribution in [3.8, 4) is 0 Å². The third-order valence-electron chi connectivity index (χ3n) is 0.876. The van der Waals surface area contributed by atoms with E-state index in [0.717, 1.165) is 5.88 Å². The minimum absolute atomic E-state index is 0.824. The second-order valence-corrected chi connectivity index (χ2v) is 3.36. The monoisotopic (exact) mass is 152 g/mol. The van der Waals surface area contributed by atoms with Crippen LogP contribution in [-0.2, 0) is 0 Å². The van der Waals surface area contributed by atoms with Gasteiger partial charge in [0.15, 0.2) is 0 Å². The van der Waals surface area contributed by atoms with E-state index >= 15 is 0 Å². The van der Waals surface area contributed by atoms with Crippen LogP contribution >= 0.6 is 23.4 Å². The molecular weight excluding hydrogens is 140 g/mol. The van der Waals surface area contributed by atoms with Crippen LogP contribution in [0, 0.1) is 0 Å². The van der Waals surface area contributed by atoms with Crippen LogP contribution in [0.4, 0.5) is 0 Å². The minimum Gasteiger partial charge on any atom is -0.162 e. The van der Waals surface area contributed by atoms with Gasteiger partial charge in [0.05, 0.1) is 0 Å². The van der Waals surface area contributed by atoms with Crippen molar-refractivity contribution < 1.29 is 0 Å². The largest absolute Gasteiger partial charge is 0.162 e. The Morgan fingerprint density at radius 1 is 1.38 bits per heavy atom. The van der Waals surface area contributed by atoms with Gasteiger partial charge in [-0.2, -0.15) is 11.8 Å². The van der Waals surface area contributed by atoms with E-state index in [1.165, 1.54) is 24.3 Å². The Labute approximate surface area is 61.0 Å². The van der Waals surface area contributed by atoms with Crippen LogP contribution in [0.2, 0.25) is 0 Å². The van der Waals surface area contributed by atoms with Crippen molar-refractivity contribution in [1.29, 1.82) is 0 Å². The Bertz CT molecular complexity index is 33.5. The maximum absolute atomic E-state index is 5.47. The molecule has 0 atom stereocenters. The number of hydrogen-bond acceptors (Lipinski definition) is 1. The predicted octanol–water partition coefficient (Wildman–Crippen LogP) is 2.76. The van der Waals surface area contributed by atoms with E-state index < -0.39 is 0 Å². The topological polar surface area (TPSA) is 0 Å². The lowest BCUT2D eigenvalue weighted by Gasteiger charge is -1.93. The SMILES string of the molecule is CCSCCCCCl. The van der Waals surface area contributed by atoms with Gasteiger partial charge in [-0.3, -0.25) is 0 Å². The lowest BCUT2D eigenvalue weighted by atomic mass is 10.4. The lowest BCUT2D eigenvalue weighted by Crippen LogP contribution is -1.80. The molecule has 0 N–H and O–H groups in total. The number of alkyl halides is 1. The fourth-order valence-electron chi connectivity index (χ4n) is 0.443. The first kappa shape index (κ1) is 8.64. The van der Waals surface area contributed by atoms with Gasteiger partial charge >= 0.3 is 0 Å². The summed E-state index contributed by atoms with van der Waals surface area (Å²) >= 11 is 7.46. The maximum atomic E-state index is 5.47. The molecule has 0 nitrogen and oxygen atoms in total. The first-order valence-electron chi connectivity index (χ1n) is 3.05. The van der Waals surface area contributed by atoms with Crippen molar-refractivity contribution in [2.75, 3.05) is 17.4 Å². The molecule has 0 heterocycles. The fourth-order valence-corrected chi connectivity index (χ4v) is 1.33. The van der Waals surface area contributed by atoms with E-state index in [1.54, 1.807) is 0 Å². The van der Waals surface area contributed by atoms with Crippen molar-refractivity contribution in [3.05, 3.63) is 0 Å². The van der Waals surface area contributed by atoms with Crippen LogP contribution in [0.25, 0.3) is 0 Å². The average molecular weight is 153 g/mol. The first-order valence-corrected chi connectivity index (χ1v) is 4.74. The van der Waals surface area contributed by atoms with Gasteiger partial charge < -0.3 is 0 Å². The van der Waals surface area contributed by atoms with Crippen LogP contribution in [-0.4, -0.2) is 17.4 Å². The van der Waals surface area contributed by atoms with Crippen LogP contribution in [0.1, 0.15) is 19.8 Å². The maximum Gasteiger partial charge on any atom is 0.0223 e. The van der Waals surface area contributed by atoms with E-state index in [4.69, 9.17) is 11.6 Å². The molecule has 0 aromatic carbocycles. The molecule has 0 aromatic rings. The first-order chi connectivity index (χ1) is 3.91. The Morgan fingerprint density at radius 3 is 2.62 bits per heavy atom. The summed E-state index contributed by atoms with van der Waals surface area (Å²) in [6, 6.07) is 0. The third kappa shape index (κ3) is 6.64. The average Bonchev–Trinajstić information content (AvgIpc) is 1.81. The second-order valence-electron chi connectivity index (χ2n) is 1.59. The molecular formula is C6H13ClS. The molecule has 0 spiro atoms. The summed E-state index contributed by atoms with van der Waals surface area (Å²) in [6.45, 7) is 2.19. The van der Waals surface area contributed by atoms with E-state index in [0.29, 0.717) is 0 Å². The molecule has 2 heteroatoms. The molecule has 0 aliphatic carbocycles. The zero-order valence-electron chi connectivity index (χ0n) is 5.32. The fraction of sp³-hybridized carbons (Fsp3) is 1.00. The van der Waals surface area contributed by atoms with Gasteiger partial charge in [-0.05, 0) is 24.3 Å². The summed E-state index contributed by atoms with van der Waals surface area (Å²) in [6.07, 6.45) is 2.45. The Hall–Kier alpha value is 0.640. The van der Waals surface area contributed by atoms with Gasteiger partial charge in [0.25, 0.3) is 0 Å². The van der Waals surface area contributed by atoms with Crippen molar-refractivity contribution >= 4 is 23.4 Å². The number of unbranched alkanes of at least 4 members (excludes halogenated alkanes) is 1. The minimum atomic E-state index is 0.824. The zero-order chi connectivity index (χ0) is 6.24. The van der Waals surface area contributed by atoms with Crippen molar-refractivity contribution in [3.63, 3.8) is 0 Å². The van der Waals surface area contributed by atoms with Gasteiger partial charge in [0.2, 0.25) is 0 Å². The zero-order valence-corrected chi connectivity index (χ0v) is 6.89. The van der Waals surface area contributed by atoms with Gasteiger partial charge in [-0.25, -0.2) is 0 Å². The van der Waals surface area contributed by atoms with Crippen molar-refractivity contribution in [2.45, 2.75) is 19.8 Å². The van der Waals surface area contributed by atoms with Crippen LogP contribution in [0.3, 0.4) is 0 Å². The molecule has 0 radical (unpaired) electrons. The van der Waals surface area contributed by atoms with Crippen LogP contribution < -0.4 is 0 Å². The van der Waals surface area contributed by atoms with Gasteiger partial charge in [-0.15, -0.1) is 11.6 Å². The molecule has 50 valence electrons. The van der Waals surface area contributed by atoms with Crippen molar-refractivity contribution in [2.24, 2.45) is 0 Å². The van der Waals surface area contributed by atoms with Gasteiger partial charge in [0, 0.05) is 5.88 Å². The molecule has 0 rings (SSSR count). The van der Waals surface area contributed by atoms with Crippen LogP contribution in [0.5, 0.6) is 0 Å². The number of hydrogen-bond donors (Lipinski definition) is 0. The summed E-state index contributed by atoms with van der Waals surface area (Å²) in [7, 11) is 0. The Balaban J connectivity index is 2.53. The van der Waals surface area contributed by atoms with E-state index in [9.17, 15) is 0 Å². The summed E-state index contributed by atoms with van der Waals surface area (Å²) in [5.41, 5.74) is 0. The molecule has 0 amide bonds. The smallest absolute Gasteiger partial charge is 0.0223 e. The summed E-state index contributed by atoms with van der Waals surface area (Å²) in [5, 5.41) is 0. The Morgan fingerprint density at radius 2 is 2.12 bits per heavy atom. The molecule has 0 fully saturated rings. The summed E-state index contributed by atoms with van der Waals surface area (Å²) < 4.78 is 0. The molecule has 0 aliphatic heterocycles. The number of halogens is 1. The third-order valence-corrected chi connectivity index (χ3v) is 2.13. The highest BCUT2D eigenvalue weighted by atomic mass is 35.5. The summed E-state index contributed by atoms with van der Waals surface area (Å²) in [5.74, 6) is 3.34. The highest BCUT2D eigenvalue weighted by molar-refractivity contribution is 7.99. The quantitative estimate of drug-likeness (QED) is 0.431. The van der Waals surface area contributed by atoms with Crippen molar-refractivity contribution in [1.82, 2.24) is 0 Å². The molecule has 0 aromatic heterocycles. The highest BCUT2D eigenvalue weighted by Crippen LogP contribution is 2.03. The summed E-state index contributed by atoms with van der Waals surface area (Å²) in [4.78, 5) is 0. The molecule has 0 saturated carbocycles. The molecule has 0 aliphatic rings. The standard InChI is InChI=1S/C6H13ClS/c1-2-8-6-4-3-5-7/h2-6H2,1H3.